The highest BCUT2D eigenvalue weighted by molar-refractivity contribution is 6.01. The largest absolute Gasteiger partial charge is 0.368 e. The van der Waals surface area contributed by atoms with Crippen molar-refractivity contribution >= 4 is 34.9 Å². The molecule has 0 radical (unpaired) electrons. The first-order valence-corrected chi connectivity index (χ1v) is 8.06. The number of amides is 2. The van der Waals surface area contributed by atoms with Crippen molar-refractivity contribution in [3.05, 3.63) is 64.9 Å². The Kier molecular flexibility index (Phi) is 4.98. The summed E-state index contributed by atoms with van der Waals surface area (Å²) in [5, 5.41) is 9.60. The lowest BCUT2D eigenvalue weighted by Gasteiger charge is -2.10. The van der Waals surface area contributed by atoms with Crippen LogP contribution in [0.15, 0.2) is 36.4 Å². The highest BCUT2D eigenvalue weighted by Gasteiger charge is 2.19. The summed E-state index contributed by atoms with van der Waals surface area (Å²) >= 11 is 0. The zero-order chi connectivity index (χ0) is 19.6. The first-order chi connectivity index (χ1) is 12.8. The van der Waals surface area contributed by atoms with Gasteiger partial charge in [0.2, 0.25) is 5.91 Å². The molecule has 0 fully saturated rings. The van der Waals surface area contributed by atoms with Crippen LogP contribution in [0.5, 0.6) is 0 Å². The summed E-state index contributed by atoms with van der Waals surface area (Å²) in [5.41, 5.74) is 6.34. The number of nitrogens with one attached hydrogen (secondary N) is 2. The summed E-state index contributed by atoms with van der Waals surface area (Å²) in [6, 6.07) is 7.53. The molecule has 3 rings (SSSR count). The van der Waals surface area contributed by atoms with E-state index in [0.717, 1.165) is 6.07 Å². The molecule has 6 nitrogen and oxygen atoms in total. The van der Waals surface area contributed by atoms with Crippen LogP contribution in [0.4, 0.5) is 8.78 Å². The molecule has 8 heteroatoms. The maximum Gasteiger partial charge on any atom is 0.254 e. The van der Waals surface area contributed by atoms with Gasteiger partial charge in [-0.05, 0) is 36.8 Å². The number of rotatable bonds is 5. The monoisotopic (exact) mass is 370 g/mol. The van der Waals surface area contributed by atoms with Crippen LogP contribution in [0, 0.1) is 11.6 Å². The van der Waals surface area contributed by atoms with Crippen molar-refractivity contribution in [2.75, 3.05) is 0 Å². The van der Waals surface area contributed by atoms with Gasteiger partial charge in [0, 0.05) is 11.5 Å². The van der Waals surface area contributed by atoms with Crippen molar-refractivity contribution in [2.45, 2.75) is 13.0 Å². The van der Waals surface area contributed by atoms with Gasteiger partial charge in [0.25, 0.3) is 5.91 Å². The van der Waals surface area contributed by atoms with Gasteiger partial charge in [0.1, 0.15) is 17.7 Å². The van der Waals surface area contributed by atoms with E-state index >= 15 is 0 Å². The second-order valence-electron chi connectivity index (χ2n) is 5.97. The van der Waals surface area contributed by atoms with Gasteiger partial charge in [-0.1, -0.05) is 18.2 Å². The predicted octanol–water partition coefficient (Wildman–Crippen LogP) is 2.62. The van der Waals surface area contributed by atoms with E-state index in [4.69, 9.17) is 5.73 Å². The second kappa shape index (κ2) is 7.36. The molecule has 138 valence electrons. The number of H-pyrrole nitrogens is 1. The molecule has 3 aromatic rings. The Morgan fingerprint density at radius 1 is 1.22 bits per heavy atom. The van der Waals surface area contributed by atoms with Gasteiger partial charge in [-0.3, -0.25) is 14.7 Å². The minimum Gasteiger partial charge on any atom is -0.368 e. The van der Waals surface area contributed by atoms with E-state index in [-0.39, 0.29) is 11.4 Å². The van der Waals surface area contributed by atoms with Gasteiger partial charge < -0.3 is 11.1 Å². The van der Waals surface area contributed by atoms with Crippen molar-refractivity contribution in [3.8, 4) is 0 Å². The topological polar surface area (TPSA) is 101 Å². The number of nitrogens with two attached hydrogens (primary N) is 1. The molecule has 0 unspecified atom stereocenters. The molecular weight excluding hydrogens is 354 g/mol. The number of benzene rings is 2. The highest BCUT2D eigenvalue weighted by Crippen LogP contribution is 2.22. The van der Waals surface area contributed by atoms with Crippen LogP contribution in [-0.2, 0) is 4.79 Å². The number of hydrogen-bond donors (Lipinski definition) is 3. The molecule has 0 spiro atoms. The summed E-state index contributed by atoms with van der Waals surface area (Å²) in [6.07, 6.45) is 3.27. The number of carbonyl (C=O) groups is 2. The third-order valence-electron chi connectivity index (χ3n) is 3.98. The molecule has 1 atom stereocenters. The number of aromatic amines is 1. The van der Waals surface area contributed by atoms with E-state index in [9.17, 15) is 18.4 Å². The summed E-state index contributed by atoms with van der Waals surface area (Å²) in [7, 11) is 0. The fourth-order valence-corrected chi connectivity index (χ4v) is 2.49. The average molecular weight is 370 g/mol. The fourth-order valence-electron chi connectivity index (χ4n) is 2.49. The normalized spacial score (nSPS) is 12.4. The molecule has 2 aromatic carbocycles. The number of hydrogen-bond acceptors (Lipinski definition) is 3. The van der Waals surface area contributed by atoms with E-state index in [1.54, 1.807) is 24.3 Å². The van der Waals surface area contributed by atoms with Gasteiger partial charge in [-0.25, -0.2) is 8.78 Å². The van der Waals surface area contributed by atoms with Crippen LogP contribution in [0.25, 0.3) is 23.1 Å². The minimum absolute atomic E-state index is 0.239. The fraction of sp³-hybridized carbons (Fsp3) is 0.105. The molecule has 0 saturated carbocycles. The SMILES string of the molecule is C[C@H](NC(=O)c1cc2c(C=Cc3cccc(F)c3)n[nH]c2cc1F)C(N)=O. The lowest BCUT2D eigenvalue weighted by Crippen LogP contribution is -2.42. The Morgan fingerprint density at radius 2 is 2.00 bits per heavy atom. The molecule has 0 bridgehead atoms. The van der Waals surface area contributed by atoms with Gasteiger partial charge in [-0.15, -0.1) is 0 Å². The van der Waals surface area contributed by atoms with Gasteiger partial charge in [0.15, 0.2) is 0 Å². The molecular formula is C19H16F2N4O2. The first kappa shape index (κ1) is 18.2. The number of fused-ring (bicyclic) bond motifs is 1. The Bertz CT molecular complexity index is 1060. The van der Waals surface area contributed by atoms with E-state index in [2.05, 4.69) is 15.5 Å². The van der Waals surface area contributed by atoms with Crippen molar-refractivity contribution < 1.29 is 18.4 Å². The lowest BCUT2D eigenvalue weighted by molar-refractivity contribution is -0.119. The summed E-state index contributed by atoms with van der Waals surface area (Å²) in [5.74, 6) is -2.62. The maximum atomic E-state index is 14.2. The van der Waals surface area contributed by atoms with Gasteiger partial charge in [0.05, 0.1) is 16.8 Å². The molecule has 0 aliphatic rings. The molecule has 1 aromatic heterocycles. The van der Waals surface area contributed by atoms with E-state index < -0.39 is 23.7 Å². The molecule has 0 aliphatic carbocycles. The van der Waals surface area contributed by atoms with Crippen LogP contribution in [0.2, 0.25) is 0 Å². The standard InChI is InChI=1S/C19H16F2N4O2/c1-10(18(22)26)23-19(27)13-8-14-16(24-25-17(14)9-15(13)21)6-5-11-3-2-4-12(20)7-11/h2-10H,1H3,(H2,22,26)(H,23,27)(H,24,25)/t10-/m0/s1. The first-order valence-electron chi connectivity index (χ1n) is 8.06. The second-order valence-corrected chi connectivity index (χ2v) is 5.97. The smallest absolute Gasteiger partial charge is 0.254 e. The number of primary amides is 1. The van der Waals surface area contributed by atoms with Gasteiger partial charge in [-0.2, -0.15) is 5.10 Å². The molecule has 0 aliphatic heterocycles. The average Bonchev–Trinajstić information content (AvgIpc) is 3.00. The third kappa shape index (κ3) is 4.00. The molecule has 2 amide bonds. The van der Waals surface area contributed by atoms with E-state index in [1.807, 2.05) is 0 Å². The van der Waals surface area contributed by atoms with Crippen LogP contribution < -0.4 is 11.1 Å². The molecule has 0 saturated heterocycles. The molecule has 4 N–H and O–H groups in total. The van der Waals surface area contributed by atoms with Gasteiger partial charge >= 0.3 is 0 Å². The molecule has 27 heavy (non-hydrogen) atoms. The minimum atomic E-state index is -0.940. The maximum absolute atomic E-state index is 14.2. The zero-order valence-electron chi connectivity index (χ0n) is 14.3. The highest BCUT2D eigenvalue weighted by atomic mass is 19.1. The number of nitrogens with zero attached hydrogens (tertiary/aromatic N) is 1. The number of carbonyl (C=O) groups excluding carboxylic acids is 2. The summed E-state index contributed by atoms with van der Waals surface area (Å²) in [4.78, 5) is 23.3. The van der Waals surface area contributed by atoms with Crippen molar-refractivity contribution in [1.29, 1.82) is 0 Å². The zero-order valence-corrected chi connectivity index (χ0v) is 14.3. The Labute approximate surface area is 153 Å². The van der Waals surface area contributed by atoms with Crippen LogP contribution in [-0.4, -0.2) is 28.1 Å². The summed E-state index contributed by atoms with van der Waals surface area (Å²) in [6.45, 7) is 1.40. The van der Waals surface area contributed by atoms with Crippen molar-refractivity contribution in [2.24, 2.45) is 5.73 Å². The predicted molar refractivity (Wildman–Crippen MR) is 97.5 cm³/mol. The van der Waals surface area contributed by atoms with Crippen LogP contribution in [0.3, 0.4) is 0 Å². The van der Waals surface area contributed by atoms with Crippen LogP contribution in [0.1, 0.15) is 28.5 Å². The van der Waals surface area contributed by atoms with E-state index in [1.165, 1.54) is 25.1 Å². The number of aromatic nitrogens is 2. The van der Waals surface area contributed by atoms with Crippen molar-refractivity contribution in [3.63, 3.8) is 0 Å². The Hall–Kier alpha value is -3.55. The Balaban J connectivity index is 1.94. The summed E-state index contributed by atoms with van der Waals surface area (Å²) < 4.78 is 27.5. The Morgan fingerprint density at radius 3 is 2.70 bits per heavy atom. The number of halogens is 2. The third-order valence-corrected chi connectivity index (χ3v) is 3.98. The van der Waals surface area contributed by atoms with E-state index in [0.29, 0.717) is 22.2 Å². The lowest BCUT2D eigenvalue weighted by atomic mass is 10.1. The molecule has 1 heterocycles. The van der Waals surface area contributed by atoms with Crippen LogP contribution >= 0.6 is 0 Å². The quantitative estimate of drug-likeness (QED) is 0.643. The van der Waals surface area contributed by atoms with Crippen molar-refractivity contribution in [1.82, 2.24) is 15.5 Å².